The van der Waals surface area contributed by atoms with Gasteiger partial charge in [0.15, 0.2) is 0 Å². The van der Waals surface area contributed by atoms with E-state index in [1.54, 1.807) is 0 Å². The second-order valence-electron chi connectivity index (χ2n) is 3.68. The summed E-state index contributed by atoms with van der Waals surface area (Å²) in [6.45, 7) is 3.96. The fourth-order valence-electron chi connectivity index (χ4n) is 1.37. The Morgan fingerprint density at radius 2 is 2.00 bits per heavy atom. The first kappa shape index (κ1) is 12.2. The molecule has 1 aromatic rings. The average molecular weight is 271 g/mol. The van der Waals surface area contributed by atoms with Gasteiger partial charge in [-0.25, -0.2) is 0 Å². The van der Waals surface area contributed by atoms with E-state index < -0.39 is 6.04 Å². The third-order valence-electron chi connectivity index (χ3n) is 2.00. The monoisotopic (exact) mass is 270 g/mol. The van der Waals surface area contributed by atoms with Crippen LogP contribution < -0.4 is 11.1 Å². The molecule has 1 aromatic carbocycles. The minimum Gasteiger partial charge on any atom is -0.368 e. The fourth-order valence-corrected chi connectivity index (χ4v) is 1.88. The zero-order chi connectivity index (χ0) is 11.4. The van der Waals surface area contributed by atoms with Gasteiger partial charge >= 0.3 is 0 Å². The van der Waals surface area contributed by atoms with Gasteiger partial charge in [-0.3, -0.25) is 10.1 Å². The van der Waals surface area contributed by atoms with Crippen LogP contribution in [0.1, 0.15) is 25.5 Å². The fraction of sp³-hybridized carbons (Fsp3) is 0.364. The first-order valence-corrected chi connectivity index (χ1v) is 5.61. The highest BCUT2D eigenvalue weighted by molar-refractivity contribution is 9.10. The molecule has 1 amide bonds. The largest absolute Gasteiger partial charge is 0.368 e. The van der Waals surface area contributed by atoms with Gasteiger partial charge in [0.2, 0.25) is 5.91 Å². The van der Waals surface area contributed by atoms with Crippen molar-refractivity contribution in [2.45, 2.75) is 25.9 Å². The van der Waals surface area contributed by atoms with Gasteiger partial charge in [-0.2, -0.15) is 0 Å². The Labute approximate surface area is 98.2 Å². The lowest BCUT2D eigenvalue weighted by molar-refractivity contribution is -0.120. The predicted octanol–water partition coefficient (Wildman–Crippen LogP) is 1.97. The van der Waals surface area contributed by atoms with E-state index in [2.05, 4.69) is 21.2 Å². The SMILES string of the molecule is CC(C)NC(C(N)=O)c1ccccc1Br. The maximum absolute atomic E-state index is 11.3. The molecule has 3 nitrogen and oxygen atoms in total. The van der Waals surface area contributed by atoms with Crippen molar-refractivity contribution in [3.8, 4) is 0 Å². The molecule has 0 bridgehead atoms. The minimum absolute atomic E-state index is 0.203. The number of carbonyl (C=O) groups excluding carboxylic acids is 1. The standard InChI is InChI=1S/C11H15BrN2O/c1-7(2)14-10(11(13)15)8-5-3-4-6-9(8)12/h3-7,10,14H,1-2H3,(H2,13,15). The normalized spacial score (nSPS) is 12.8. The second-order valence-corrected chi connectivity index (χ2v) is 4.53. The summed E-state index contributed by atoms with van der Waals surface area (Å²) in [7, 11) is 0. The van der Waals surface area contributed by atoms with Crippen molar-refractivity contribution >= 4 is 21.8 Å². The first-order valence-electron chi connectivity index (χ1n) is 4.82. The van der Waals surface area contributed by atoms with Crippen molar-refractivity contribution in [3.63, 3.8) is 0 Å². The molecule has 1 atom stereocenters. The number of primary amides is 1. The van der Waals surface area contributed by atoms with E-state index in [0.29, 0.717) is 0 Å². The van der Waals surface area contributed by atoms with Crippen LogP contribution in [0.3, 0.4) is 0 Å². The Balaban J connectivity index is 2.99. The topological polar surface area (TPSA) is 55.1 Å². The molecule has 1 rings (SSSR count). The highest BCUT2D eigenvalue weighted by Crippen LogP contribution is 2.23. The molecule has 82 valence electrons. The number of nitrogens with two attached hydrogens (primary N) is 1. The lowest BCUT2D eigenvalue weighted by Gasteiger charge is -2.19. The van der Waals surface area contributed by atoms with Crippen molar-refractivity contribution in [1.82, 2.24) is 5.32 Å². The molecule has 4 heteroatoms. The number of amides is 1. The molecule has 15 heavy (non-hydrogen) atoms. The summed E-state index contributed by atoms with van der Waals surface area (Å²) in [6, 6.07) is 7.33. The van der Waals surface area contributed by atoms with Crippen LogP contribution in [-0.2, 0) is 4.79 Å². The molecule has 0 radical (unpaired) electrons. The molecule has 0 heterocycles. The van der Waals surface area contributed by atoms with Crippen LogP contribution in [0.2, 0.25) is 0 Å². The third kappa shape index (κ3) is 3.32. The Morgan fingerprint density at radius 1 is 1.40 bits per heavy atom. The van der Waals surface area contributed by atoms with Gasteiger partial charge in [0, 0.05) is 10.5 Å². The quantitative estimate of drug-likeness (QED) is 0.879. The number of nitrogens with one attached hydrogen (secondary N) is 1. The maximum Gasteiger partial charge on any atom is 0.239 e. The van der Waals surface area contributed by atoms with Gasteiger partial charge in [0.25, 0.3) is 0 Å². The molecule has 3 N–H and O–H groups in total. The second kappa shape index (κ2) is 5.28. The van der Waals surface area contributed by atoms with Crippen molar-refractivity contribution in [2.24, 2.45) is 5.73 Å². The molecular formula is C11H15BrN2O. The van der Waals surface area contributed by atoms with Gasteiger partial charge < -0.3 is 5.73 Å². The Hall–Kier alpha value is -0.870. The summed E-state index contributed by atoms with van der Waals surface area (Å²) in [4.78, 5) is 11.3. The van der Waals surface area contributed by atoms with E-state index in [1.165, 1.54) is 0 Å². The van der Waals surface area contributed by atoms with Gasteiger partial charge in [0.05, 0.1) is 0 Å². The minimum atomic E-state index is -0.444. The molecule has 0 fully saturated rings. The average Bonchev–Trinajstić information content (AvgIpc) is 2.15. The summed E-state index contributed by atoms with van der Waals surface area (Å²) in [6.07, 6.45) is 0. The number of carbonyl (C=O) groups is 1. The highest BCUT2D eigenvalue weighted by atomic mass is 79.9. The summed E-state index contributed by atoms with van der Waals surface area (Å²) in [5.41, 5.74) is 6.24. The lowest BCUT2D eigenvalue weighted by Crippen LogP contribution is -2.37. The predicted molar refractivity (Wildman–Crippen MR) is 64.3 cm³/mol. The van der Waals surface area contributed by atoms with E-state index >= 15 is 0 Å². The van der Waals surface area contributed by atoms with Crippen LogP contribution in [0.5, 0.6) is 0 Å². The molecule has 0 saturated carbocycles. The highest BCUT2D eigenvalue weighted by Gasteiger charge is 2.20. The van der Waals surface area contributed by atoms with Gasteiger partial charge in [-0.1, -0.05) is 34.1 Å². The summed E-state index contributed by atoms with van der Waals surface area (Å²) in [5.74, 6) is -0.365. The van der Waals surface area contributed by atoms with Gasteiger partial charge in [0.1, 0.15) is 6.04 Å². The number of hydrogen-bond acceptors (Lipinski definition) is 2. The number of rotatable bonds is 4. The van der Waals surface area contributed by atoms with Crippen LogP contribution in [-0.4, -0.2) is 11.9 Å². The zero-order valence-corrected chi connectivity index (χ0v) is 10.4. The zero-order valence-electron chi connectivity index (χ0n) is 8.83. The number of benzene rings is 1. The summed E-state index contributed by atoms with van der Waals surface area (Å²) >= 11 is 3.41. The van der Waals surface area contributed by atoms with Crippen molar-refractivity contribution in [2.75, 3.05) is 0 Å². The Morgan fingerprint density at radius 3 is 2.47 bits per heavy atom. The van der Waals surface area contributed by atoms with Crippen LogP contribution in [0.15, 0.2) is 28.7 Å². The molecule has 0 spiro atoms. The van der Waals surface area contributed by atoms with Crippen LogP contribution in [0, 0.1) is 0 Å². The number of hydrogen-bond donors (Lipinski definition) is 2. The molecule has 0 saturated heterocycles. The van der Waals surface area contributed by atoms with Crippen LogP contribution in [0.4, 0.5) is 0 Å². The first-order chi connectivity index (χ1) is 7.02. The van der Waals surface area contributed by atoms with Crippen molar-refractivity contribution in [3.05, 3.63) is 34.3 Å². The van der Waals surface area contributed by atoms with E-state index in [1.807, 2.05) is 38.1 Å². The summed E-state index contributed by atoms with van der Waals surface area (Å²) in [5, 5.41) is 3.13. The maximum atomic E-state index is 11.3. The summed E-state index contributed by atoms with van der Waals surface area (Å²) < 4.78 is 0.891. The van der Waals surface area contributed by atoms with E-state index in [-0.39, 0.29) is 11.9 Å². The Bertz CT molecular complexity index is 352. The number of halogens is 1. The Kier molecular flexibility index (Phi) is 4.29. The van der Waals surface area contributed by atoms with Crippen molar-refractivity contribution < 1.29 is 4.79 Å². The smallest absolute Gasteiger partial charge is 0.239 e. The molecule has 0 aliphatic carbocycles. The molecule has 0 aliphatic heterocycles. The molecule has 1 unspecified atom stereocenters. The molecular weight excluding hydrogens is 256 g/mol. The molecule has 0 aliphatic rings. The van der Waals surface area contributed by atoms with Gasteiger partial charge in [-0.05, 0) is 25.5 Å². The van der Waals surface area contributed by atoms with E-state index in [9.17, 15) is 4.79 Å². The lowest BCUT2D eigenvalue weighted by atomic mass is 10.1. The van der Waals surface area contributed by atoms with Gasteiger partial charge in [-0.15, -0.1) is 0 Å². The van der Waals surface area contributed by atoms with E-state index in [0.717, 1.165) is 10.0 Å². The third-order valence-corrected chi connectivity index (χ3v) is 2.72. The van der Waals surface area contributed by atoms with Crippen LogP contribution in [0.25, 0.3) is 0 Å². The van der Waals surface area contributed by atoms with Crippen LogP contribution >= 0.6 is 15.9 Å². The molecule has 0 aromatic heterocycles. The van der Waals surface area contributed by atoms with Crippen molar-refractivity contribution in [1.29, 1.82) is 0 Å². The van der Waals surface area contributed by atoms with E-state index in [4.69, 9.17) is 5.73 Å².